The highest BCUT2D eigenvalue weighted by Gasteiger charge is 1.67. The Morgan fingerprint density at radius 3 is 2.80 bits per heavy atom. The number of hydrogen-bond acceptors (Lipinski definition) is 3. The molecule has 1 unspecified atom stereocenters. The molecule has 0 radical (unpaired) electrons. The first-order valence-corrected chi connectivity index (χ1v) is 3.30. The van der Waals surface area contributed by atoms with Crippen molar-refractivity contribution in [1.82, 2.24) is 0 Å². The van der Waals surface area contributed by atoms with Crippen LogP contribution >= 0.6 is 20.6 Å². The van der Waals surface area contributed by atoms with Crippen LogP contribution in [0.25, 0.3) is 0 Å². The number of nitrogens with two attached hydrogens (primary N) is 2. The van der Waals surface area contributed by atoms with Crippen molar-refractivity contribution in [2.75, 3.05) is 5.49 Å². The molecule has 0 amide bonds. The van der Waals surface area contributed by atoms with Crippen molar-refractivity contribution in [1.29, 1.82) is 1.28 Å². The molecule has 0 bridgehead atoms. The summed E-state index contributed by atoms with van der Waals surface area (Å²) < 4.78 is 6.72. The zero-order valence-electron chi connectivity index (χ0n) is 3.72. The van der Waals surface area contributed by atoms with Gasteiger partial charge in [-0.25, -0.2) is 0 Å². The summed E-state index contributed by atoms with van der Waals surface area (Å²) in [7, 11) is -1.01. The summed E-state index contributed by atoms with van der Waals surface area (Å²) in [5.74, 6) is 0. The van der Waals surface area contributed by atoms with Gasteiger partial charge in [0.25, 0.3) is 0 Å². The molecule has 0 aromatic heterocycles. The van der Waals surface area contributed by atoms with Crippen molar-refractivity contribution in [2.45, 2.75) is 0 Å². The fourth-order valence-corrected chi connectivity index (χ4v) is 0.387. The van der Waals surface area contributed by atoms with Crippen LogP contribution in [0.3, 0.4) is 0 Å². The lowest BCUT2D eigenvalue weighted by Crippen LogP contribution is -1.80. The molecule has 0 fully saturated rings. The zero-order valence-corrected chi connectivity index (χ0v) is 4.43. The van der Waals surface area contributed by atoms with E-state index in [0.717, 1.165) is 11.9 Å². The Morgan fingerprint density at radius 1 is 2.20 bits per heavy atom. The van der Waals surface area contributed by atoms with Gasteiger partial charge in [0.15, 0.2) is 0 Å². The first-order valence-electron chi connectivity index (χ1n) is 1.55. The number of hydrogen-bond donors (Lipinski definition) is 2. The van der Waals surface area contributed by atoms with E-state index in [2.05, 4.69) is 0 Å². The average Bonchev–Trinajstić information content (AvgIpc) is 1.35. The Kier molecular flexibility index (Phi) is 3.64. The van der Waals surface area contributed by atoms with E-state index >= 15 is 0 Å². The van der Waals surface area contributed by atoms with Crippen LogP contribution in [0.2, 0.25) is 0 Å². The maximum Gasteiger partial charge on any atom is 0.0751 e. The highest BCUT2D eigenvalue weighted by Crippen LogP contribution is 2.01. The van der Waals surface area contributed by atoms with Gasteiger partial charge in [-0.05, 0) is 8.68 Å². The third-order valence-corrected chi connectivity index (χ3v) is 1.34. The lowest BCUT2D eigenvalue weighted by atomic mass is 11.9. The summed E-state index contributed by atoms with van der Waals surface area (Å²) in [6.07, 6.45) is 0. The van der Waals surface area contributed by atoms with Crippen molar-refractivity contribution in [3.63, 3.8) is 0 Å². The van der Waals surface area contributed by atoms with Gasteiger partial charge in [-0.15, -0.1) is 0 Å². The second kappa shape index (κ2) is 4.70. The first-order chi connectivity index (χ1) is 2.77. The van der Waals surface area contributed by atoms with Crippen molar-refractivity contribution >= 4 is 20.6 Å². The van der Waals surface area contributed by atoms with Crippen molar-refractivity contribution in [3.8, 4) is 0 Å². The second-order valence-electron chi connectivity index (χ2n) is 0.478. The Hall–Kier alpha value is 0.700. The molecule has 2 nitrogen and oxygen atoms in total. The summed E-state index contributed by atoms with van der Waals surface area (Å²) >= 11 is 1.13. The molecule has 1 atom stereocenters. The van der Waals surface area contributed by atoms with Gasteiger partial charge in [-0.3, -0.25) is 5.14 Å². The minimum absolute atomic E-state index is 0.579. The highest BCUT2D eigenvalue weighted by molar-refractivity contribution is 8.01. The molecule has 4 N–H and O–H groups in total. The summed E-state index contributed by atoms with van der Waals surface area (Å²) in [5, 5.41) is 4.96. The van der Waals surface area contributed by atoms with E-state index in [4.69, 9.17) is 11.9 Å². The summed E-state index contributed by atoms with van der Waals surface area (Å²) in [4.78, 5) is 0. The molecule has 0 aliphatic carbocycles. The Bertz CT molecular complexity index is 34.7. The molecule has 32 valence electrons. The predicted octanol–water partition coefficient (Wildman–Crippen LogP) is 0.103. The largest absolute Gasteiger partial charge is 0.311 e. The highest BCUT2D eigenvalue weighted by atomic mass is 32.2. The number of rotatable bonds is 2. The van der Waals surface area contributed by atoms with E-state index in [9.17, 15) is 0 Å². The van der Waals surface area contributed by atoms with Crippen molar-refractivity contribution in [3.05, 3.63) is 0 Å². The summed E-state index contributed by atoms with van der Waals surface area (Å²) in [5.41, 5.74) is 5.61. The van der Waals surface area contributed by atoms with Gasteiger partial charge in [0, 0.05) is 5.49 Å². The van der Waals surface area contributed by atoms with E-state index < -0.39 is 8.68 Å². The van der Waals surface area contributed by atoms with E-state index in [1.54, 1.807) is 0 Å². The van der Waals surface area contributed by atoms with Gasteiger partial charge in [0.05, 0.1) is 1.28 Å². The van der Waals surface area contributed by atoms with Crippen LogP contribution in [0.5, 0.6) is 0 Å². The van der Waals surface area contributed by atoms with Gasteiger partial charge >= 0.3 is 0 Å². The molecule has 0 heterocycles. The van der Waals surface area contributed by atoms with Crippen LogP contribution in [0, 0.1) is 0 Å². The first kappa shape index (κ1) is 3.88. The maximum atomic E-state index is 6.72. The Morgan fingerprint density at radius 2 is 2.80 bits per heavy atom. The molecule has 0 aliphatic heterocycles. The third kappa shape index (κ3) is 4.70. The Balaban J connectivity index is 2.63. The molecule has 0 rings (SSSR count). The topological polar surface area (TPSA) is 52.0 Å². The standard InChI is InChI=1S/CH7N2PS/c2-4-1-5-3/h4H,1-3H2/i4D. The van der Waals surface area contributed by atoms with Gasteiger partial charge in [-0.1, -0.05) is 11.9 Å². The fraction of sp³-hybridized carbons (Fsp3) is 1.00. The van der Waals surface area contributed by atoms with Crippen molar-refractivity contribution < 1.29 is 0 Å². The molecule has 0 saturated carbocycles. The maximum absolute atomic E-state index is 6.72. The minimum atomic E-state index is -1.01. The van der Waals surface area contributed by atoms with Gasteiger partial charge in [-0.2, -0.15) is 0 Å². The molecule has 5 heavy (non-hydrogen) atoms. The minimum Gasteiger partial charge on any atom is -0.311 e. The van der Waals surface area contributed by atoms with Crippen LogP contribution in [0.1, 0.15) is 0 Å². The summed E-state index contributed by atoms with van der Waals surface area (Å²) in [6.45, 7) is 0. The molecular formula is CH7N2PS. The second-order valence-corrected chi connectivity index (χ2v) is 2.21. The van der Waals surface area contributed by atoms with Crippen LogP contribution < -0.4 is 10.6 Å². The third-order valence-electron chi connectivity index (χ3n) is 0.149. The van der Waals surface area contributed by atoms with E-state index in [-0.39, 0.29) is 0 Å². The normalized spacial score (nSPS) is 17.6. The monoisotopic (exact) mass is 111 g/mol. The Labute approximate surface area is 38.9 Å². The van der Waals surface area contributed by atoms with Crippen molar-refractivity contribution in [2.24, 2.45) is 10.6 Å². The predicted molar refractivity (Wildman–Crippen MR) is 29.1 cm³/mol. The van der Waals surface area contributed by atoms with Gasteiger partial charge in [0.1, 0.15) is 0 Å². The molecule has 0 saturated heterocycles. The fourth-order valence-electron chi connectivity index (χ4n) is 0.0430. The van der Waals surface area contributed by atoms with E-state index in [1.807, 2.05) is 0 Å². The SMILES string of the molecule is [2H]P(N)CSN. The van der Waals surface area contributed by atoms with Crippen LogP contribution in [-0.4, -0.2) is 6.77 Å². The van der Waals surface area contributed by atoms with Gasteiger partial charge in [0.2, 0.25) is 0 Å². The summed E-state index contributed by atoms with van der Waals surface area (Å²) in [6, 6.07) is 0. The smallest absolute Gasteiger partial charge is 0.0751 e. The van der Waals surface area contributed by atoms with E-state index in [0.29, 0.717) is 5.49 Å². The van der Waals surface area contributed by atoms with Crippen LogP contribution in [-0.2, 0) is 0 Å². The molecule has 0 aliphatic rings. The molecule has 0 aromatic carbocycles. The zero-order chi connectivity index (χ0) is 4.99. The molecule has 0 aromatic rings. The molecule has 0 spiro atoms. The quantitative estimate of drug-likeness (QED) is 0.392. The van der Waals surface area contributed by atoms with Crippen LogP contribution in [0.15, 0.2) is 0 Å². The van der Waals surface area contributed by atoms with Gasteiger partial charge < -0.3 is 5.50 Å². The van der Waals surface area contributed by atoms with Crippen LogP contribution in [0.4, 0.5) is 0 Å². The lowest BCUT2D eigenvalue weighted by molar-refractivity contribution is 1.92. The van der Waals surface area contributed by atoms with E-state index in [1.165, 1.54) is 0 Å². The average molecular weight is 111 g/mol. The molecular weight excluding hydrogens is 103 g/mol. The lowest BCUT2D eigenvalue weighted by Gasteiger charge is -1.81. The molecule has 4 heteroatoms.